The molecule has 1 heterocycles. The molecule has 0 aliphatic carbocycles. The topological polar surface area (TPSA) is 32.3 Å². The zero-order valence-electron chi connectivity index (χ0n) is 7.88. The summed E-state index contributed by atoms with van der Waals surface area (Å²) in [5.41, 5.74) is 3.52. The van der Waals surface area contributed by atoms with Crippen LogP contribution in [0.5, 0.6) is 0 Å². The minimum Gasteiger partial charge on any atom is -0.389 e. The summed E-state index contributed by atoms with van der Waals surface area (Å²) in [7, 11) is 0. The number of para-hydroxylation sites is 1. The lowest BCUT2D eigenvalue weighted by Gasteiger charge is -2.22. The van der Waals surface area contributed by atoms with Gasteiger partial charge in [0.1, 0.15) is 0 Å². The summed E-state index contributed by atoms with van der Waals surface area (Å²) in [6.07, 6.45) is 1.94. The normalized spacial score (nSPS) is 17.4. The summed E-state index contributed by atoms with van der Waals surface area (Å²) in [6.45, 7) is 2.84. The van der Waals surface area contributed by atoms with E-state index in [0.29, 0.717) is 0 Å². The molecule has 0 amide bonds. The van der Waals surface area contributed by atoms with E-state index >= 15 is 0 Å². The zero-order valence-corrected chi connectivity index (χ0v) is 7.88. The summed E-state index contributed by atoms with van der Waals surface area (Å²) in [5.74, 6) is 0. The second kappa shape index (κ2) is 3.38. The molecule has 0 radical (unpaired) electrons. The maximum Gasteiger partial charge on any atom is 0.0782 e. The fourth-order valence-corrected chi connectivity index (χ4v) is 1.88. The number of hydrogen-bond acceptors (Lipinski definition) is 2. The average molecular weight is 177 g/mol. The summed E-state index contributed by atoms with van der Waals surface area (Å²) in [5, 5.41) is 12.9. The predicted molar refractivity (Wildman–Crippen MR) is 53.9 cm³/mol. The molecule has 0 spiro atoms. The Balaban J connectivity index is 2.46. The van der Waals surface area contributed by atoms with Crippen molar-refractivity contribution in [2.45, 2.75) is 25.9 Å². The molecule has 1 aliphatic rings. The van der Waals surface area contributed by atoms with Crippen molar-refractivity contribution in [3.05, 3.63) is 29.3 Å². The third-order valence-electron chi connectivity index (χ3n) is 2.56. The van der Waals surface area contributed by atoms with Crippen LogP contribution < -0.4 is 5.32 Å². The SMILES string of the molecule is CC(O)c1cccc2c1NCCC2. The van der Waals surface area contributed by atoms with Gasteiger partial charge in [-0.2, -0.15) is 0 Å². The van der Waals surface area contributed by atoms with E-state index in [1.165, 1.54) is 12.0 Å². The highest BCUT2D eigenvalue weighted by Gasteiger charge is 2.14. The smallest absolute Gasteiger partial charge is 0.0782 e. The maximum atomic E-state index is 9.54. The lowest BCUT2D eigenvalue weighted by Crippen LogP contribution is -2.14. The molecule has 2 rings (SSSR count). The number of rotatable bonds is 1. The summed E-state index contributed by atoms with van der Waals surface area (Å²) >= 11 is 0. The minimum absolute atomic E-state index is 0.374. The van der Waals surface area contributed by atoms with E-state index in [0.717, 1.165) is 24.2 Å². The van der Waals surface area contributed by atoms with Crippen molar-refractivity contribution in [3.8, 4) is 0 Å². The van der Waals surface area contributed by atoms with Crippen molar-refractivity contribution >= 4 is 5.69 Å². The molecule has 0 bridgehead atoms. The first-order valence-corrected chi connectivity index (χ1v) is 4.83. The van der Waals surface area contributed by atoms with E-state index in [1.807, 2.05) is 19.1 Å². The van der Waals surface area contributed by atoms with Crippen molar-refractivity contribution in [2.24, 2.45) is 0 Å². The van der Waals surface area contributed by atoms with E-state index in [-0.39, 0.29) is 6.10 Å². The van der Waals surface area contributed by atoms with Crippen LogP contribution in [0.3, 0.4) is 0 Å². The van der Waals surface area contributed by atoms with Gasteiger partial charge in [0.25, 0.3) is 0 Å². The number of fused-ring (bicyclic) bond motifs is 1. The van der Waals surface area contributed by atoms with Gasteiger partial charge in [-0.3, -0.25) is 0 Å². The number of hydrogen-bond donors (Lipinski definition) is 2. The molecule has 0 fully saturated rings. The van der Waals surface area contributed by atoms with Crippen molar-refractivity contribution in [3.63, 3.8) is 0 Å². The van der Waals surface area contributed by atoms with Crippen LogP contribution in [-0.2, 0) is 6.42 Å². The second-order valence-corrected chi connectivity index (χ2v) is 3.59. The molecule has 1 atom stereocenters. The molecular formula is C11H15NO. The molecule has 70 valence electrons. The van der Waals surface area contributed by atoms with E-state index in [2.05, 4.69) is 11.4 Å². The highest BCUT2D eigenvalue weighted by Crippen LogP contribution is 2.29. The Hall–Kier alpha value is -1.02. The summed E-state index contributed by atoms with van der Waals surface area (Å²) < 4.78 is 0. The van der Waals surface area contributed by atoms with Gasteiger partial charge in [0.05, 0.1) is 6.10 Å². The first-order valence-electron chi connectivity index (χ1n) is 4.83. The van der Waals surface area contributed by atoms with Crippen LogP contribution in [0.25, 0.3) is 0 Å². The van der Waals surface area contributed by atoms with E-state index < -0.39 is 0 Å². The van der Waals surface area contributed by atoms with Crippen LogP contribution in [0, 0.1) is 0 Å². The molecule has 1 aromatic carbocycles. The quantitative estimate of drug-likeness (QED) is 0.688. The highest BCUT2D eigenvalue weighted by molar-refractivity contribution is 5.59. The average Bonchev–Trinajstić information content (AvgIpc) is 2.17. The van der Waals surface area contributed by atoms with Gasteiger partial charge in [0.15, 0.2) is 0 Å². The van der Waals surface area contributed by atoms with Crippen LogP contribution >= 0.6 is 0 Å². The van der Waals surface area contributed by atoms with E-state index in [4.69, 9.17) is 0 Å². The number of benzene rings is 1. The Morgan fingerprint density at radius 1 is 1.46 bits per heavy atom. The molecule has 1 unspecified atom stereocenters. The molecular weight excluding hydrogens is 162 g/mol. The Kier molecular flexibility index (Phi) is 2.23. The second-order valence-electron chi connectivity index (χ2n) is 3.59. The fourth-order valence-electron chi connectivity index (χ4n) is 1.88. The molecule has 2 N–H and O–H groups in total. The number of aliphatic hydroxyl groups excluding tert-OH is 1. The van der Waals surface area contributed by atoms with Gasteiger partial charge in [-0.15, -0.1) is 0 Å². The zero-order chi connectivity index (χ0) is 9.26. The lowest BCUT2D eigenvalue weighted by atomic mass is 9.97. The number of anilines is 1. The molecule has 2 nitrogen and oxygen atoms in total. The van der Waals surface area contributed by atoms with Crippen LogP contribution in [0.1, 0.15) is 30.6 Å². The Bertz CT molecular complexity index is 307. The largest absolute Gasteiger partial charge is 0.389 e. The van der Waals surface area contributed by atoms with Gasteiger partial charge in [-0.05, 0) is 25.3 Å². The number of aliphatic hydroxyl groups is 1. The summed E-state index contributed by atoms with van der Waals surface area (Å²) in [4.78, 5) is 0. The Morgan fingerprint density at radius 2 is 2.31 bits per heavy atom. The van der Waals surface area contributed by atoms with Crippen LogP contribution in [-0.4, -0.2) is 11.7 Å². The van der Waals surface area contributed by atoms with Crippen molar-refractivity contribution < 1.29 is 5.11 Å². The van der Waals surface area contributed by atoms with Gasteiger partial charge < -0.3 is 10.4 Å². The van der Waals surface area contributed by atoms with Gasteiger partial charge in [-0.25, -0.2) is 0 Å². The molecule has 2 heteroatoms. The van der Waals surface area contributed by atoms with E-state index in [9.17, 15) is 5.11 Å². The number of aryl methyl sites for hydroxylation is 1. The third-order valence-corrected chi connectivity index (χ3v) is 2.56. The van der Waals surface area contributed by atoms with Gasteiger partial charge in [0, 0.05) is 17.8 Å². The lowest BCUT2D eigenvalue weighted by molar-refractivity contribution is 0.200. The molecule has 1 aliphatic heterocycles. The fraction of sp³-hybridized carbons (Fsp3) is 0.455. The monoisotopic (exact) mass is 177 g/mol. The molecule has 1 aromatic rings. The predicted octanol–water partition coefficient (Wildman–Crippen LogP) is 2.10. The van der Waals surface area contributed by atoms with E-state index in [1.54, 1.807) is 0 Å². The molecule has 13 heavy (non-hydrogen) atoms. The first-order chi connectivity index (χ1) is 6.29. The Morgan fingerprint density at radius 3 is 3.08 bits per heavy atom. The number of nitrogens with one attached hydrogen (secondary N) is 1. The van der Waals surface area contributed by atoms with Crippen molar-refractivity contribution in [1.82, 2.24) is 0 Å². The van der Waals surface area contributed by atoms with Crippen LogP contribution in [0.15, 0.2) is 18.2 Å². The molecule has 0 saturated heterocycles. The highest BCUT2D eigenvalue weighted by atomic mass is 16.3. The standard InChI is InChI=1S/C11H15NO/c1-8(13)10-6-2-4-9-5-3-7-12-11(9)10/h2,4,6,8,12-13H,3,5,7H2,1H3. The van der Waals surface area contributed by atoms with Crippen molar-refractivity contribution in [2.75, 3.05) is 11.9 Å². The van der Waals surface area contributed by atoms with Crippen molar-refractivity contribution in [1.29, 1.82) is 0 Å². The van der Waals surface area contributed by atoms with Crippen LogP contribution in [0.2, 0.25) is 0 Å². The van der Waals surface area contributed by atoms with Gasteiger partial charge >= 0.3 is 0 Å². The maximum absolute atomic E-state index is 9.54. The summed E-state index contributed by atoms with van der Waals surface area (Å²) in [6, 6.07) is 6.14. The van der Waals surface area contributed by atoms with Gasteiger partial charge in [0.2, 0.25) is 0 Å². The first kappa shape index (κ1) is 8.57. The van der Waals surface area contributed by atoms with Gasteiger partial charge in [-0.1, -0.05) is 18.2 Å². The molecule has 0 saturated carbocycles. The van der Waals surface area contributed by atoms with Crippen LogP contribution in [0.4, 0.5) is 5.69 Å². The third kappa shape index (κ3) is 1.54. The minimum atomic E-state index is -0.374. The molecule has 0 aromatic heterocycles. The Labute approximate surface area is 78.6 Å².